The molecule has 1 N–H and O–H groups in total. The van der Waals surface area contributed by atoms with Crippen LogP contribution in [-0.4, -0.2) is 35.1 Å². The fraction of sp³-hybridized carbons (Fsp3) is 0.235. The van der Waals surface area contributed by atoms with Crippen molar-refractivity contribution in [3.8, 4) is 11.5 Å². The van der Waals surface area contributed by atoms with E-state index in [2.05, 4.69) is 0 Å². The van der Waals surface area contributed by atoms with Gasteiger partial charge in [-0.3, -0.25) is 4.79 Å². The van der Waals surface area contributed by atoms with E-state index in [1.165, 1.54) is 0 Å². The van der Waals surface area contributed by atoms with Crippen LogP contribution in [-0.2, 0) is 0 Å². The zero-order valence-corrected chi connectivity index (χ0v) is 11.6. The van der Waals surface area contributed by atoms with E-state index < -0.39 is 6.10 Å². The molecular formula is C17H17NO3. The Bertz CT molecular complexity index is 627. The molecule has 4 heteroatoms. The molecule has 0 radical (unpaired) electrons. The van der Waals surface area contributed by atoms with Crippen molar-refractivity contribution in [1.82, 2.24) is 4.90 Å². The summed E-state index contributed by atoms with van der Waals surface area (Å²) in [7, 11) is 0. The van der Waals surface area contributed by atoms with Gasteiger partial charge in [-0.15, -0.1) is 0 Å². The number of rotatable bonds is 3. The predicted molar refractivity (Wildman–Crippen MR) is 79.5 cm³/mol. The summed E-state index contributed by atoms with van der Waals surface area (Å²) in [5.41, 5.74) is 0.524. The zero-order valence-electron chi connectivity index (χ0n) is 11.6. The molecule has 0 spiro atoms. The molecule has 21 heavy (non-hydrogen) atoms. The van der Waals surface area contributed by atoms with Gasteiger partial charge in [-0.05, 0) is 30.7 Å². The molecule has 1 aliphatic rings. The summed E-state index contributed by atoms with van der Waals surface area (Å²) in [6.07, 6.45) is 0.212. The normalized spacial score (nSPS) is 17.8. The molecule has 2 aromatic carbocycles. The fourth-order valence-electron chi connectivity index (χ4n) is 2.44. The second-order valence-corrected chi connectivity index (χ2v) is 5.10. The van der Waals surface area contributed by atoms with Crippen LogP contribution in [0.5, 0.6) is 11.5 Å². The Morgan fingerprint density at radius 2 is 1.81 bits per heavy atom. The molecule has 0 bridgehead atoms. The van der Waals surface area contributed by atoms with E-state index in [0.29, 0.717) is 36.6 Å². The lowest BCUT2D eigenvalue weighted by molar-refractivity contribution is 0.0762. The van der Waals surface area contributed by atoms with Crippen molar-refractivity contribution in [3.05, 3.63) is 60.2 Å². The molecule has 1 atom stereocenters. The molecule has 2 aromatic rings. The summed E-state index contributed by atoms with van der Waals surface area (Å²) in [6, 6.07) is 16.6. The number of aliphatic hydroxyl groups is 1. The van der Waals surface area contributed by atoms with Crippen molar-refractivity contribution in [3.63, 3.8) is 0 Å². The molecule has 3 rings (SSSR count). The second-order valence-electron chi connectivity index (χ2n) is 5.10. The van der Waals surface area contributed by atoms with Crippen LogP contribution in [0.1, 0.15) is 16.8 Å². The third-order valence-corrected chi connectivity index (χ3v) is 3.54. The molecule has 0 saturated carbocycles. The van der Waals surface area contributed by atoms with Crippen molar-refractivity contribution >= 4 is 5.91 Å². The van der Waals surface area contributed by atoms with E-state index in [4.69, 9.17) is 4.74 Å². The first kappa shape index (κ1) is 13.6. The summed E-state index contributed by atoms with van der Waals surface area (Å²) in [5.74, 6) is 1.13. The molecule has 1 aliphatic heterocycles. The smallest absolute Gasteiger partial charge is 0.257 e. The van der Waals surface area contributed by atoms with E-state index in [0.717, 1.165) is 0 Å². The van der Waals surface area contributed by atoms with Gasteiger partial charge < -0.3 is 14.7 Å². The summed E-state index contributed by atoms with van der Waals surface area (Å²) in [4.78, 5) is 14.2. The number of benzene rings is 2. The van der Waals surface area contributed by atoms with Crippen molar-refractivity contribution < 1.29 is 14.6 Å². The number of para-hydroxylation sites is 2. The Labute approximate surface area is 123 Å². The molecule has 1 heterocycles. The third-order valence-electron chi connectivity index (χ3n) is 3.54. The fourth-order valence-corrected chi connectivity index (χ4v) is 2.44. The Kier molecular flexibility index (Phi) is 3.88. The van der Waals surface area contributed by atoms with Gasteiger partial charge in [0.1, 0.15) is 11.5 Å². The minimum atomic E-state index is -0.420. The quantitative estimate of drug-likeness (QED) is 0.942. The van der Waals surface area contributed by atoms with Gasteiger partial charge >= 0.3 is 0 Å². The van der Waals surface area contributed by atoms with Crippen LogP contribution in [0.25, 0.3) is 0 Å². The number of aliphatic hydroxyl groups excluding tert-OH is 1. The van der Waals surface area contributed by atoms with E-state index >= 15 is 0 Å². The van der Waals surface area contributed by atoms with Gasteiger partial charge in [0, 0.05) is 13.1 Å². The highest BCUT2D eigenvalue weighted by Crippen LogP contribution is 2.27. The van der Waals surface area contributed by atoms with Gasteiger partial charge in [0.25, 0.3) is 5.91 Å². The molecular weight excluding hydrogens is 266 g/mol. The van der Waals surface area contributed by atoms with Crippen molar-refractivity contribution in [2.75, 3.05) is 13.1 Å². The summed E-state index contributed by atoms with van der Waals surface area (Å²) >= 11 is 0. The highest BCUT2D eigenvalue weighted by molar-refractivity contribution is 5.97. The van der Waals surface area contributed by atoms with E-state index in [9.17, 15) is 9.90 Å². The second kappa shape index (κ2) is 5.97. The van der Waals surface area contributed by atoms with E-state index in [-0.39, 0.29) is 5.91 Å². The zero-order chi connectivity index (χ0) is 14.7. The van der Waals surface area contributed by atoms with Crippen molar-refractivity contribution in [2.24, 2.45) is 0 Å². The number of amides is 1. The Hall–Kier alpha value is -2.33. The van der Waals surface area contributed by atoms with Crippen LogP contribution in [0.4, 0.5) is 0 Å². The van der Waals surface area contributed by atoms with Gasteiger partial charge in [0.15, 0.2) is 0 Å². The standard InChI is InChI=1S/C17H17NO3/c19-13-10-11-18(12-13)17(20)15-8-4-5-9-16(15)21-14-6-2-1-3-7-14/h1-9,13,19H,10-12H2/t13-/m1/s1. The Morgan fingerprint density at radius 3 is 2.52 bits per heavy atom. The highest BCUT2D eigenvalue weighted by Gasteiger charge is 2.27. The van der Waals surface area contributed by atoms with Crippen LogP contribution in [0.2, 0.25) is 0 Å². The number of carbonyl (C=O) groups is 1. The summed E-state index contributed by atoms with van der Waals surface area (Å²) < 4.78 is 5.81. The van der Waals surface area contributed by atoms with Crippen LogP contribution in [0.15, 0.2) is 54.6 Å². The van der Waals surface area contributed by atoms with Gasteiger partial charge in [0.05, 0.1) is 11.7 Å². The predicted octanol–water partition coefficient (Wildman–Crippen LogP) is 2.69. The topological polar surface area (TPSA) is 49.8 Å². The highest BCUT2D eigenvalue weighted by atomic mass is 16.5. The van der Waals surface area contributed by atoms with Gasteiger partial charge in [-0.25, -0.2) is 0 Å². The molecule has 1 amide bonds. The van der Waals surface area contributed by atoms with Crippen molar-refractivity contribution in [1.29, 1.82) is 0 Å². The van der Waals surface area contributed by atoms with Gasteiger partial charge in [0.2, 0.25) is 0 Å². The SMILES string of the molecule is O=C(c1ccccc1Oc1ccccc1)N1CC[C@@H](O)C1. The number of ether oxygens (including phenoxy) is 1. The average Bonchev–Trinajstić information content (AvgIpc) is 2.95. The first-order valence-corrected chi connectivity index (χ1v) is 7.03. The lowest BCUT2D eigenvalue weighted by Gasteiger charge is -2.18. The Morgan fingerprint density at radius 1 is 1.10 bits per heavy atom. The van der Waals surface area contributed by atoms with Crippen LogP contribution >= 0.6 is 0 Å². The van der Waals surface area contributed by atoms with E-state index in [1.807, 2.05) is 42.5 Å². The summed E-state index contributed by atoms with van der Waals surface area (Å²) in [6.45, 7) is 0.970. The number of carbonyl (C=O) groups excluding carboxylic acids is 1. The van der Waals surface area contributed by atoms with Gasteiger partial charge in [-0.2, -0.15) is 0 Å². The number of hydrogen-bond donors (Lipinski definition) is 1. The number of nitrogens with zero attached hydrogens (tertiary/aromatic N) is 1. The largest absolute Gasteiger partial charge is 0.457 e. The molecule has 0 aromatic heterocycles. The molecule has 4 nitrogen and oxygen atoms in total. The molecule has 108 valence electrons. The number of hydrogen-bond acceptors (Lipinski definition) is 3. The first-order valence-electron chi connectivity index (χ1n) is 7.03. The average molecular weight is 283 g/mol. The molecule has 0 unspecified atom stereocenters. The van der Waals surface area contributed by atoms with Crippen LogP contribution in [0, 0.1) is 0 Å². The van der Waals surface area contributed by atoms with Crippen molar-refractivity contribution in [2.45, 2.75) is 12.5 Å². The molecule has 1 fully saturated rings. The molecule has 0 aliphatic carbocycles. The first-order chi connectivity index (χ1) is 10.2. The Balaban J connectivity index is 1.84. The number of likely N-dealkylation sites (tertiary alicyclic amines) is 1. The van der Waals surface area contributed by atoms with Gasteiger partial charge in [-0.1, -0.05) is 30.3 Å². The lowest BCUT2D eigenvalue weighted by atomic mass is 10.1. The maximum absolute atomic E-state index is 12.5. The minimum Gasteiger partial charge on any atom is -0.457 e. The monoisotopic (exact) mass is 283 g/mol. The minimum absolute atomic E-state index is 0.0990. The van der Waals surface area contributed by atoms with E-state index in [1.54, 1.807) is 17.0 Å². The van der Waals surface area contributed by atoms with Crippen LogP contribution < -0.4 is 4.74 Å². The third kappa shape index (κ3) is 3.06. The number of β-amino-alcohol motifs (C(OH)–C–C–N with tert-alkyl or cyclic N) is 1. The maximum Gasteiger partial charge on any atom is 0.257 e. The maximum atomic E-state index is 12.5. The molecule has 1 saturated heterocycles. The lowest BCUT2D eigenvalue weighted by Crippen LogP contribution is -2.29. The summed E-state index contributed by atoms with van der Waals surface area (Å²) in [5, 5.41) is 9.57. The van der Waals surface area contributed by atoms with Crippen LogP contribution in [0.3, 0.4) is 0 Å².